The van der Waals surface area contributed by atoms with E-state index in [1.807, 2.05) is 48.5 Å². The van der Waals surface area contributed by atoms with Crippen molar-refractivity contribution in [2.24, 2.45) is 0 Å². The molecule has 2 aliphatic rings. The molecular formula is C94H65BN6O2. The first-order valence-corrected chi connectivity index (χ1v) is 35.3. The van der Waals surface area contributed by atoms with Gasteiger partial charge in [0.15, 0.2) is 0 Å². The molecule has 6 heterocycles. The third-order valence-electron chi connectivity index (χ3n) is 21.8. The van der Waals surface area contributed by atoms with Gasteiger partial charge in [-0.15, -0.1) is 0 Å². The molecule has 0 saturated carbocycles. The van der Waals surface area contributed by atoms with E-state index in [9.17, 15) is 10.5 Å². The first kappa shape index (κ1) is 59.9. The fraction of sp³-hybridized carbons (Fsp3) is 0.0851. The molecule has 0 unspecified atom stereocenters. The van der Waals surface area contributed by atoms with Gasteiger partial charge < -0.3 is 27.8 Å². The van der Waals surface area contributed by atoms with E-state index in [1.54, 1.807) is 0 Å². The van der Waals surface area contributed by atoms with Crippen LogP contribution in [0.3, 0.4) is 0 Å². The Balaban J connectivity index is 0.948. The van der Waals surface area contributed by atoms with Gasteiger partial charge in [0.1, 0.15) is 22.3 Å². The average Bonchev–Trinajstić information content (AvgIpc) is 1.45. The van der Waals surface area contributed by atoms with Crippen molar-refractivity contribution in [2.45, 2.75) is 52.4 Å². The lowest BCUT2D eigenvalue weighted by atomic mass is 9.33. The standard InChI is InChI=1S/C94H65BN6O2/c1-93(2,3)62-32-40-78(69(50-62)58-19-9-7-10-20-58)100-82-52-64(98-76-26-16-13-23-66(76)67-24-14-17-27-77(67)98)34-36-74(82)95-75-37-35-65(99-80-38-29-56(54-96)45-71(80)72-46-57(55-97)30-39-81(72)99)53-83(75)101(79-41-33-63(94(4,5)6)51-70(79)59-21-11-8-12-22-59)85-49-61(48-84(100)92(85)95)60-31-42-87-73(47-60)91-89(103-87)44-43-88-90(91)68-25-15-18-28-86(68)102-88/h7-53H,1-6H3. The Bertz CT molecular complexity index is 6640. The predicted molar refractivity (Wildman–Crippen MR) is 427 cm³/mol. The van der Waals surface area contributed by atoms with Crippen LogP contribution < -0.4 is 26.2 Å². The molecule has 4 aromatic heterocycles. The number of nitriles is 2. The lowest BCUT2D eigenvalue weighted by Crippen LogP contribution is -2.61. The lowest BCUT2D eigenvalue weighted by molar-refractivity contribution is 0.590. The zero-order valence-electron chi connectivity index (χ0n) is 57.7. The van der Waals surface area contributed by atoms with E-state index in [0.29, 0.717) is 11.1 Å². The minimum absolute atomic E-state index is 0.166. The molecule has 103 heavy (non-hydrogen) atoms. The molecule has 0 fully saturated rings. The Morgan fingerprint density at radius 2 is 0.748 bits per heavy atom. The topological polar surface area (TPSA) is 90.2 Å². The molecule has 486 valence electrons. The molecule has 0 amide bonds. The van der Waals surface area contributed by atoms with E-state index in [2.05, 4.69) is 309 Å². The molecule has 14 aromatic carbocycles. The van der Waals surface area contributed by atoms with Crippen LogP contribution in [0.5, 0.6) is 0 Å². The summed E-state index contributed by atoms with van der Waals surface area (Å²) in [6.07, 6.45) is 0. The second-order valence-corrected chi connectivity index (χ2v) is 29.8. The number of benzene rings is 14. The highest BCUT2D eigenvalue weighted by Gasteiger charge is 2.45. The second-order valence-electron chi connectivity index (χ2n) is 29.8. The molecule has 0 spiro atoms. The Morgan fingerprint density at radius 3 is 1.24 bits per heavy atom. The van der Waals surface area contributed by atoms with Crippen molar-refractivity contribution in [2.75, 3.05) is 9.80 Å². The van der Waals surface area contributed by atoms with E-state index < -0.39 is 0 Å². The molecule has 0 bridgehead atoms. The summed E-state index contributed by atoms with van der Waals surface area (Å²) in [6, 6.07) is 109. The molecule has 0 radical (unpaired) electrons. The fourth-order valence-corrected chi connectivity index (χ4v) is 16.9. The number of para-hydroxylation sites is 3. The molecule has 8 nitrogen and oxygen atoms in total. The van der Waals surface area contributed by atoms with E-state index in [4.69, 9.17) is 8.83 Å². The molecular weight excluding hydrogens is 1260 g/mol. The summed E-state index contributed by atoms with van der Waals surface area (Å²) in [5.41, 5.74) is 28.8. The molecule has 9 heteroatoms. The second kappa shape index (κ2) is 22.2. The largest absolute Gasteiger partial charge is 0.456 e. The van der Waals surface area contributed by atoms with Crippen LogP contribution in [0.15, 0.2) is 294 Å². The number of nitrogens with zero attached hydrogens (tertiary/aromatic N) is 6. The summed E-state index contributed by atoms with van der Waals surface area (Å²) in [4.78, 5) is 5.18. The van der Waals surface area contributed by atoms with E-state index in [-0.39, 0.29) is 17.5 Å². The summed E-state index contributed by atoms with van der Waals surface area (Å²) >= 11 is 0. The van der Waals surface area contributed by atoms with Crippen LogP contribution in [0, 0.1) is 22.7 Å². The van der Waals surface area contributed by atoms with Crippen LogP contribution in [-0.4, -0.2) is 15.8 Å². The number of hydrogen-bond acceptors (Lipinski definition) is 6. The molecule has 2 aliphatic heterocycles. The van der Waals surface area contributed by atoms with Gasteiger partial charge in [0.25, 0.3) is 6.71 Å². The van der Waals surface area contributed by atoms with Crippen LogP contribution in [0.4, 0.5) is 34.1 Å². The van der Waals surface area contributed by atoms with Crippen molar-refractivity contribution in [3.63, 3.8) is 0 Å². The fourth-order valence-electron chi connectivity index (χ4n) is 16.9. The van der Waals surface area contributed by atoms with Crippen molar-refractivity contribution in [3.8, 4) is 56.9 Å². The monoisotopic (exact) mass is 1320 g/mol. The van der Waals surface area contributed by atoms with Crippen LogP contribution >= 0.6 is 0 Å². The number of hydrogen-bond donors (Lipinski definition) is 0. The number of anilines is 6. The summed E-state index contributed by atoms with van der Waals surface area (Å²) in [6.45, 7) is 13.5. The maximum absolute atomic E-state index is 10.4. The van der Waals surface area contributed by atoms with Crippen LogP contribution in [0.2, 0.25) is 0 Å². The van der Waals surface area contributed by atoms with Crippen molar-refractivity contribution in [1.29, 1.82) is 10.5 Å². The van der Waals surface area contributed by atoms with E-state index in [1.165, 1.54) is 27.4 Å². The molecule has 0 N–H and O–H groups in total. The van der Waals surface area contributed by atoms with E-state index in [0.717, 1.165) is 167 Å². The zero-order valence-corrected chi connectivity index (χ0v) is 57.7. The van der Waals surface area contributed by atoms with Crippen LogP contribution in [0.25, 0.3) is 132 Å². The van der Waals surface area contributed by atoms with Gasteiger partial charge in [-0.1, -0.05) is 187 Å². The molecule has 20 rings (SSSR count). The number of aromatic nitrogens is 2. The van der Waals surface area contributed by atoms with Crippen molar-refractivity contribution >= 4 is 145 Å². The molecule has 0 aliphatic carbocycles. The maximum Gasteiger partial charge on any atom is 0.252 e. The number of rotatable bonds is 7. The van der Waals surface area contributed by atoms with Gasteiger partial charge in [-0.2, -0.15) is 10.5 Å². The quantitative estimate of drug-likeness (QED) is 0.148. The highest BCUT2D eigenvalue weighted by molar-refractivity contribution is 7.00. The van der Waals surface area contributed by atoms with Crippen LogP contribution in [0.1, 0.15) is 63.8 Å². The van der Waals surface area contributed by atoms with Crippen molar-refractivity contribution in [1.82, 2.24) is 9.13 Å². The normalized spacial score (nSPS) is 12.9. The Kier molecular flexibility index (Phi) is 12.9. The summed E-state index contributed by atoms with van der Waals surface area (Å²) < 4.78 is 18.2. The number of furan rings is 2. The minimum atomic E-state index is -0.307. The van der Waals surface area contributed by atoms with Crippen molar-refractivity contribution in [3.05, 3.63) is 307 Å². The number of fused-ring (bicyclic) bond motifs is 17. The van der Waals surface area contributed by atoms with Gasteiger partial charge in [-0.3, -0.25) is 0 Å². The summed E-state index contributed by atoms with van der Waals surface area (Å²) in [5, 5.41) is 29.1. The average molecular weight is 1320 g/mol. The Hall–Kier alpha value is -13.1. The van der Waals surface area contributed by atoms with Gasteiger partial charge in [0, 0.05) is 88.3 Å². The highest BCUT2D eigenvalue weighted by Crippen LogP contribution is 2.53. The van der Waals surface area contributed by atoms with Gasteiger partial charge in [-0.05, 0) is 200 Å². The van der Waals surface area contributed by atoms with Gasteiger partial charge in [-0.25, -0.2) is 0 Å². The van der Waals surface area contributed by atoms with Gasteiger partial charge >= 0.3 is 0 Å². The predicted octanol–water partition coefficient (Wildman–Crippen LogP) is 23.1. The molecule has 0 saturated heterocycles. The zero-order chi connectivity index (χ0) is 69.3. The van der Waals surface area contributed by atoms with Gasteiger partial charge in [0.05, 0.1) is 56.7 Å². The third-order valence-corrected chi connectivity index (χ3v) is 21.8. The summed E-state index contributed by atoms with van der Waals surface area (Å²) in [5.74, 6) is 0. The van der Waals surface area contributed by atoms with Crippen LogP contribution in [-0.2, 0) is 10.8 Å². The third kappa shape index (κ3) is 9.09. The SMILES string of the molecule is CC(C)(C)c1ccc(N2c3cc(-n4c5ccccc5c5ccccc54)ccc3B3c4ccc(-n5c6ccc(C#N)cc6c6cc(C#N)ccc65)cc4N(c4ccc(C(C)(C)C)cc4-c4ccccc4)c4cc(-c5ccc6oc7ccc8oc9ccccc9c8c7c6c5)cc2c43)c(-c2ccccc2)c1. The maximum atomic E-state index is 10.4. The van der Waals surface area contributed by atoms with Gasteiger partial charge in [0.2, 0.25) is 0 Å². The minimum Gasteiger partial charge on any atom is -0.456 e. The summed E-state index contributed by atoms with van der Waals surface area (Å²) in [7, 11) is 0. The van der Waals surface area contributed by atoms with Crippen molar-refractivity contribution < 1.29 is 8.83 Å². The first-order valence-electron chi connectivity index (χ1n) is 35.3. The molecule has 18 aromatic rings. The Morgan fingerprint density at radius 1 is 0.311 bits per heavy atom. The lowest BCUT2D eigenvalue weighted by Gasteiger charge is -2.45. The van der Waals surface area contributed by atoms with E-state index >= 15 is 0 Å². The first-order chi connectivity index (χ1) is 50.2. The highest BCUT2D eigenvalue weighted by atomic mass is 16.3. The smallest absolute Gasteiger partial charge is 0.252 e. The Labute approximate surface area is 596 Å². The molecule has 0 atom stereocenters.